The average Bonchev–Trinajstić information content (AvgIpc) is 2.70. The van der Waals surface area contributed by atoms with E-state index in [0.717, 1.165) is 19.4 Å². The summed E-state index contributed by atoms with van der Waals surface area (Å²) in [6.07, 6.45) is 1.96. The Kier molecular flexibility index (Phi) is 4.69. The van der Waals surface area contributed by atoms with E-state index in [2.05, 4.69) is 19.2 Å². The van der Waals surface area contributed by atoms with E-state index in [9.17, 15) is 5.11 Å². The molecule has 0 radical (unpaired) electrons. The standard InChI is InChI=1S/C7H15NO.C2H6/c1-6(2)8-5-7(9)3-4-7;1-2/h6,8-9H,3-5H2,1-2H3;1-2H3. The minimum Gasteiger partial charge on any atom is -0.389 e. The van der Waals surface area contributed by atoms with Crippen LogP contribution in [-0.2, 0) is 0 Å². The van der Waals surface area contributed by atoms with Crippen molar-refractivity contribution in [2.75, 3.05) is 6.54 Å². The lowest BCUT2D eigenvalue weighted by Gasteiger charge is -2.11. The van der Waals surface area contributed by atoms with Crippen molar-refractivity contribution >= 4 is 0 Å². The van der Waals surface area contributed by atoms with E-state index in [1.165, 1.54) is 0 Å². The first-order valence-corrected chi connectivity index (χ1v) is 4.58. The van der Waals surface area contributed by atoms with Crippen molar-refractivity contribution in [1.29, 1.82) is 0 Å². The van der Waals surface area contributed by atoms with Crippen LogP contribution in [0.4, 0.5) is 0 Å². The zero-order valence-electron chi connectivity index (χ0n) is 8.15. The van der Waals surface area contributed by atoms with Gasteiger partial charge in [0.2, 0.25) is 0 Å². The van der Waals surface area contributed by atoms with Gasteiger partial charge < -0.3 is 10.4 Å². The largest absolute Gasteiger partial charge is 0.389 e. The maximum Gasteiger partial charge on any atom is 0.0773 e. The van der Waals surface area contributed by atoms with Crippen molar-refractivity contribution in [3.63, 3.8) is 0 Å². The van der Waals surface area contributed by atoms with Crippen LogP contribution >= 0.6 is 0 Å². The van der Waals surface area contributed by atoms with Crippen LogP contribution in [-0.4, -0.2) is 23.3 Å². The first kappa shape index (κ1) is 10.9. The van der Waals surface area contributed by atoms with Crippen LogP contribution in [0.1, 0.15) is 40.5 Å². The van der Waals surface area contributed by atoms with Gasteiger partial charge in [0.1, 0.15) is 0 Å². The van der Waals surface area contributed by atoms with Crippen LogP contribution in [0.2, 0.25) is 0 Å². The maximum atomic E-state index is 9.32. The lowest BCUT2D eigenvalue weighted by atomic mass is 10.3. The van der Waals surface area contributed by atoms with Crippen LogP contribution in [0.25, 0.3) is 0 Å². The third-order valence-corrected chi connectivity index (χ3v) is 1.67. The zero-order valence-corrected chi connectivity index (χ0v) is 8.15. The molecule has 0 unspecified atom stereocenters. The van der Waals surface area contributed by atoms with Crippen LogP contribution < -0.4 is 5.32 Å². The van der Waals surface area contributed by atoms with Crippen molar-refractivity contribution in [1.82, 2.24) is 5.32 Å². The minimum absolute atomic E-state index is 0.329. The maximum absolute atomic E-state index is 9.32. The molecule has 0 heterocycles. The van der Waals surface area contributed by atoms with Gasteiger partial charge in [-0.05, 0) is 12.8 Å². The second-order valence-electron chi connectivity index (χ2n) is 3.26. The Hall–Kier alpha value is -0.0800. The molecule has 0 spiro atoms. The topological polar surface area (TPSA) is 32.3 Å². The number of hydrogen-bond donors (Lipinski definition) is 2. The Morgan fingerprint density at radius 1 is 1.36 bits per heavy atom. The summed E-state index contributed by atoms with van der Waals surface area (Å²) in [6.45, 7) is 8.95. The SMILES string of the molecule is CC.CC(C)NCC1(O)CC1. The van der Waals surface area contributed by atoms with Gasteiger partial charge in [-0.3, -0.25) is 0 Å². The molecule has 0 aromatic heterocycles. The fraction of sp³-hybridized carbons (Fsp3) is 1.00. The summed E-state index contributed by atoms with van der Waals surface area (Å²) >= 11 is 0. The molecule has 1 rings (SSSR count). The van der Waals surface area contributed by atoms with E-state index in [1.54, 1.807) is 0 Å². The predicted octanol–water partition coefficient (Wildman–Crippen LogP) is 1.54. The molecule has 1 aliphatic carbocycles. The molecule has 0 aromatic carbocycles. The highest BCUT2D eigenvalue weighted by Crippen LogP contribution is 2.33. The van der Waals surface area contributed by atoms with Gasteiger partial charge >= 0.3 is 0 Å². The van der Waals surface area contributed by atoms with Crippen molar-refractivity contribution < 1.29 is 5.11 Å². The summed E-state index contributed by atoms with van der Waals surface area (Å²) in [5, 5.41) is 12.5. The molecule has 0 aromatic rings. The molecule has 1 saturated carbocycles. The fourth-order valence-corrected chi connectivity index (χ4v) is 0.715. The summed E-state index contributed by atoms with van der Waals surface area (Å²) < 4.78 is 0. The van der Waals surface area contributed by atoms with Gasteiger partial charge in [0.05, 0.1) is 5.60 Å². The highest BCUT2D eigenvalue weighted by atomic mass is 16.3. The summed E-state index contributed by atoms with van der Waals surface area (Å²) in [5.74, 6) is 0. The normalized spacial score (nSPS) is 19.1. The molecular formula is C9H21NO. The zero-order chi connectivity index (χ0) is 8.91. The molecule has 0 amide bonds. The second kappa shape index (κ2) is 4.73. The van der Waals surface area contributed by atoms with E-state index >= 15 is 0 Å². The van der Waals surface area contributed by atoms with Gasteiger partial charge in [-0.1, -0.05) is 27.7 Å². The fourth-order valence-electron chi connectivity index (χ4n) is 0.715. The quantitative estimate of drug-likeness (QED) is 0.654. The summed E-state index contributed by atoms with van der Waals surface area (Å²) in [5.41, 5.74) is -0.329. The van der Waals surface area contributed by atoms with E-state index < -0.39 is 0 Å². The number of nitrogens with one attached hydrogen (secondary N) is 1. The Morgan fingerprint density at radius 3 is 2.09 bits per heavy atom. The highest BCUT2D eigenvalue weighted by Gasteiger charge is 2.39. The van der Waals surface area contributed by atoms with Crippen molar-refractivity contribution in [2.24, 2.45) is 0 Å². The van der Waals surface area contributed by atoms with Gasteiger partial charge in [-0.2, -0.15) is 0 Å². The van der Waals surface area contributed by atoms with Crippen molar-refractivity contribution in [3.8, 4) is 0 Å². The third-order valence-electron chi connectivity index (χ3n) is 1.67. The molecule has 2 nitrogen and oxygen atoms in total. The summed E-state index contributed by atoms with van der Waals surface area (Å²) in [6, 6.07) is 0.495. The molecule has 1 aliphatic rings. The summed E-state index contributed by atoms with van der Waals surface area (Å²) in [4.78, 5) is 0. The van der Waals surface area contributed by atoms with Crippen molar-refractivity contribution in [3.05, 3.63) is 0 Å². The molecule has 0 saturated heterocycles. The smallest absolute Gasteiger partial charge is 0.0773 e. The average molecular weight is 159 g/mol. The molecular weight excluding hydrogens is 138 g/mol. The molecule has 0 aliphatic heterocycles. The monoisotopic (exact) mass is 159 g/mol. The third kappa shape index (κ3) is 5.22. The molecule has 0 bridgehead atoms. The number of aliphatic hydroxyl groups is 1. The van der Waals surface area contributed by atoms with Crippen LogP contribution in [0.15, 0.2) is 0 Å². The second-order valence-corrected chi connectivity index (χ2v) is 3.26. The Labute approximate surface area is 70.0 Å². The van der Waals surface area contributed by atoms with Crippen LogP contribution in [0.3, 0.4) is 0 Å². The van der Waals surface area contributed by atoms with Crippen LogP contribution in [0, 0.1) is 0 Å². The van der Waals surface area contributed by atoms with Gasteiger partial charge in [0, 0.05) is 12.6 Å². The molecule has 11 heavy (non-hydrogen) atoms. The molecule has 0 atom stereocenters. The molecule has 2 heteroatoms. The van der Waals surface area contributed by atoms with Crippen molar-refractivity contribution in [2.45, 2.75) is 52.2 Å². The van der Waals surface area contributed by atoms with E-state index in [-0.39, 0.29) is 5.60 Å². The first-order valence-electron chi connectivity index (χ1n) is 4.58. The van der Waals surface area contributed by atoms with Gasteiger partial charge in [0.25, 0.3) is 0 Å². The van der Waals surface area contributed by atoms with Gasteiger partial charge in [-0.25, -0.2) is 0 Å². The van der Waals surface area contributed by atoms with E-state index in [4.69, 9.17) is 0 Å². The lowest BCUT2D eigenvalue weighted by Crippen LogP contribution is -2.32. The Bertz CT molecular complexity index is 97.7. The first-order chi connectivity index (χ1) is 5.12. The van der Waals surface area contributed by atoms with Crippen LogP contribution in [0.5, 0.6) is 0 Å². The highest BCUT2D eigenvalue weighted by molar-refractivity contribution is 4.95. The Balaban J connectivity index is 0.000000461. The van der Waals surface area contributed by atoms with Gasteiger partial charge in [0.15, 0.2) is 0 Å². The Morgan fingerprint density at radius 2 is 1.82 bits per heavy atom. The number of hydrogen-bond acceptors (Lipinski definition) is 2. The summed E-state index contributed by atoms with van der Waals surface area (Å²) in [7, 11) is 0. The molecule has 1 fully saturated rings. The number of rotatable bonds is 3. The lowest BCUT2D eigenvalue weighted by molar-refractivity contribution is 0.145. The van der Waals surface area contributed by atoms with E-state index in [0.29, 0.717) is 6.04 Å². The predicted molar refractivity (Wildman–Crippen MR) is 48.7 cm³/mol. The minimum atomic E-state index is -0.329. The van der Waals surface area contributed by atoms with E-state index in [1.807, 2.05) is 13.8 Å². The van der Waals surface area contributed by atoms with Gasteiger partial charge in [-0.15, -0.1) is 0 Å². The molecule has 2 N–H and O–H groups in total. The molecule has 68 valence electrons.